The standard InChI is InChI=1S/C20H36.C20H18.C15H12.C14H12.C13H12/c2*1-20(17-11-5-2-6-12-17,18-13-7-3-8-14-18)19-15-9-4-10-16-19;1-11-6-7-14-9-12-4-2-3-5-13(12)10-15(14)8-11;1-10-6-7-14-12(8-10)9-11-4-2-3-5-13(11)14;1-11-7-9-13(10-8-11)12-5-3-2-4-6-12/h17-19H,2-16H2,1H3;2-16H,1H3;2-10H,1H3;2-8H,9H2,1H3;2-10H,1H3. The first-order valence-electron chi connectivity index (χ1n) is 31.5. The highest BCUT2D eigenvalue weighted by atomic mass is 14.5. The van der Waals surface area contributed by atoms with Gasteiger partial charge in [-0.2, -0.15) is 0 Å². The molecule has 3 saturated carbocycles. The second-order valence-electron chi connectivity index (χ2n) is 24.9. The lowest BCUT2D eigenvalue weighted by Crippen LogP contribution is -2.44. The minimum Gasteiger partial charge on any atom is -0.0622 e. The SMILES string of the molecule is CC(C1CCCCC1)(C1CCCCC1)C1CCCCC1.CC(c1ccccc1)(c1ccccc1)c1ccccc1.Cc1ccc(-c2ccccc2)cc1.Cc1ccc2c(c1)Cc1ccccc1-2.Cc1ccc2cc3ccccc3cc2c1. The van der Waals surface area contributed by atoms with Crippen LogP contribution in [0.25, 0.3) is 43.8 Å². The third-order valence-electron chi connectivity index (χ3n) is 19.5. The quantitative estimate of drug-likeness (QED) is 0.110. The van der Waals surface area contributed by atoms with Crippen LogP contribution in [0, 0.1) is 43.9 Å². The molecular formula is C82H90. The van der Waals surface area contributed by atoms with Gasteiger partial charge in [0.1, 0.15) is 0 Å². The van der Waals surface area contributed by atoms with Crippen LogP contribution in [0.15, 0.2) is 243 Å². The minimum atomic E-state index is -0.121. The summed E-state index contributed by atoms with van der Waals surface area (Å²) in [6.07, 6.45) is 24.2. The lowest BCUT2D eigenvalue weighted by Gasteiger charge is -2.53. The summed E-state index contributed by atoms with van der Waals surface area (Å²) in [5.74, 6) is 3.22. The van der Waals surface area contributed by atoms with E-state index in [-0.39, 0.29) is 5.41 Å². The fraction of sp³-hybridized carbons (Fsp3) is 0.317. The summed E-state index contributed by atoms with van der Waals surface area (Å²) < 4.78 is 0. The summed E-state index contributed by atoms with van der Waals surface area (Å²) in [4.78, 5) is 0. The maximum absolute atomic E-state index is 2.76. The molecule has 0 aromatic heterocycles. The molecule has 0 saturated heterocycles. The lowest BCUT2D eigenvalue weighted by molar-refractivity contribution is -0.0317. The molecule has 0 unspecified atom stereocenters. The molecule has 0 radical (unpaired) electrons. The van der Waals surface area contributed by atoms with Crippen LogP contribution in [0.5, 0.6) is 0 Å². The van der Waals surface area contributed by atoms with Gasteiger partial charge < -0.3 is 0 Å². The van der Waals surface area contributed by atoms with Crippen molar-refractivity contribution in [3.05, 3.63) is 287 Å². The van der Waals surface area contributed by atoms with Crippen LogP contribution < -0.4 is 0 Å². The maximum Gasteiger partial charge on any atom is 0.0423 e. The lowest BCUT2D eigenvalue weighted by atomic mass is 9.52. The van der Waals surface area contributed by atoms with Crippen molar-refractivity contribution < 1.29 is 0 Å². The number of fused-ring (bicyclic) bond motifs is 5. The highest BCUT2D eigenvalue weighted by Crippen LogP contribution is 2.56. The Labute approximate surface area is 494 Å². The van der Waals surface area contributed by atoms with Gasteiger partial charge in [0.2, 0.25) is 0 Å². The summed E-state index contributed by atoms with van der Waals surface area (Å²) in [6.45, 7) is 11.5. The molecule has 0 N–H and O–H groups in total. The first-order valence-corrected chi connectivity index (χ1v) is 31.5. The van der Waals surface area contributed by atoms with Gasteiger partial charge in [0.15, 0.2) is 0 Å². The van der Waals surface area contributed by atoms with Crippen molar-refractivity contribution in [3.8, 4) is 22.3 Å². The van der Waals surface area contributed by atoms with E-state index in [0.29, 0.717) is 5.41 Å². The fourth-order valence-corrected chi connectivity index (χ4v) is 14.7. The molecule has 10 aromatic carbocycles. The Hall–Kier alpha value is -7.28. The predicted octanol–water partition coefficient (Wildman–Crippen LogP) is 23.3. The average molecular weight is 1080 g/mol. The van der Waals surface area contributed by atoms with Crippen molar-refractivity contribution in [2.45, 2.75) is 143 Å². The van der Waals surface area contributed by atoms with E-state index in [1.807, 2.05) is 6.07 Å². The predicted molar refractivity (Wildman–Crippen MR) is 355 cm³/mol. The van der Waals surface area contributed by atoms with Gasteiger partial charge >= 0.3 is 0 Å². The third-order valence-corrected chi connectivity index (χ3v) is 19.5. The Balaban J connectivity index is 0.000000116. The van der Waals surface area contributed by atoms with E-state index in [1.165, 1.54) is 146 Å². The van der Waals surface area contributed by atoms with Crippen molar-refractivity contribution in [2.24, 2.45) is 23.2 Å². The number of hydrogen-bond donors (Lipinski definition) is 0. The molecule has 0 aliphatic heterocycles. The van der Waals surface area contributed by atoms with E-state index in [2.05, 4.69) is 271 Å². The third kappa shape index (κ3) is 14.1. The van der Waals surface area contributed by atoms with Crippen LogP contribution in [0.3, 0.4) is 0 Å². The van der Waals surface area contributed by atoms with Crippen LogP contribution in [-0.2, 0) is 11.8 Å². The van der Waals surface area contributed by atoms with Gasteiger partial charge in [-0.15, -0.1) is 0 Å². The number of hydrogen-bond acceptors (Lipinski definition) is 0. The molecular weight excluding hydrogens is 985 g/mol. The van der Waals surface area contributed by atoms with Gasteiger partial charge in [0.05, 0.1) is 0 Å². The van der Waals surface area contributed by atoms with Crippen molar-refractivity contribution in [1.82, 2.24) is 0 Å². The van der Waals surface area contributed by atoms with Gasteiger partial charge in [-0.05, 0) is 180 Å². The molecule has 0 atom stereocenters. The van der Waals surface area contributed by atoms with E-state index in [1.54, 1.807) is 38.5 Å². The number of aryl methyl sites for hydroxylation is 3. The summed E-state index contributed by atoms with van der Waals surface area (Å²) in [5, 5.41) is 5.28. The summed E-state index contributed by atoms with van der Waals surface area (Å²) in [7, 11) is 0. The highest BCUT2D eigenvalue weighted by Gasteiger charge is 2.47. The van der Waals surface area contributed by atoms with Gasteiger partial charge in [0.25, 0.3) is 0 Å². The van der Waals surface area contributed by atoms with Crippen LogP contribution in [0.1, 0.15) is 155 Å². The molecule has 0 nitrogen and oxygen atoms in total. The Morgan fingerprint density at radius 3 is 1.15 bits per heavy atom. The molecule has 4 aliphatic rings. The molecule has 3 fully saturated rings. The van der Waals surface area contributed by atoms with Gasteiger partial charge in [-0.1, -0.05) is 312 Å². The Morgan fingerprint density at radius 2 is 0.646 bits per heavy atom. The molecule has 0 bridgehead atoms. The molecule has 0 spiro atoms. The molecule has 0 heterocycles. The topological polar surface area (TPSA) is 0 Å². The molecule has 418 valence electrons. The molecule has 10 aromatic rings. The second-order valence-corrected chi connectivity index (χ2v) is 24.9. The zero-order chi connectivity index (χ0) is 56.6. The molecule has 4 aliphatic carbocycles. The summed E-state index contributed by atoms with van der Waals surface area (Å²) in [5.41, 5.74) is 16.9. The zero-order valence-corrected chi connectivity index (χ0v) is 50.1. The second kappa shape index (κ2) is 28.1. The Morgan fingerprint density at radius 1 is 0.280 bits per heavy atom. The number of benzene rings is 10. The van der Waals surface area contributed by atoms with Crippen molar-refractivity contribution in [1.29, 1.82) is 0 Å². The van der Waals surface area contributed by atoms with Crippen molar-refractivity contribution in [2.75, 3.05) is 0 Å². The average Bonchev–Trinajstić information content (AvgIpc) is 3.88. The van der Waals surface area contributed by atoms with E-state index in [9.17, 15) is 0 Å². The van der Waals surface area contributed by atoms with Crippen molar-refractivity contribution in [3.63, 3.8) is 0 Å². The van der Waals surface area contributed by atoms with E-state index in [4.69, 9.17) is 0 Å². The van der Waals surface area contributed by atoms with E-state index >= 15 is 0 Å². The van der Waals surface area contributed by atoms with Crippen LogP contribution >= 0.6 is 0 Å². The first-order chi connectivity index (χ1) is 40.2. The maximum atomic E-state index is 2.76. The van der Waals surface area contributed by atoms with Gasteiger partial charge in [-0.3, -0.25) is 0 Å². The highest BCUT2D eigenvalue weighted by molar-refractivity contribution is 5.98. The first kappa shape index (κ1) is 57.9. The molecule has 0 amide bonds. The fourth-order valence-electron chi connectivity index (χ4n) is 14.7. The smallest absolute Gasteiger partial charge is 0.0423 e. The van der Waals surface area contributed by atoms with Crippen LogP contribution in [-0.4, -0.2) is 0 Å². The van der Waals surface area contributed by atoms with Crippen LogP contribution in [0.4, 0.5) is 0 Å². The van der Waals surface area contributed by atoms with Gasteiger partial charge in [0, 0.05) is 5.41 Å². The molecule has 0 heteroatoms. The normalized spacial score (nSPS) is 15.4. The summed E-state index contributed by atoms with van der Waals surface area (Å²) >= 11 is 0. The molecule has 14 rings (SSSR count). The largest absolute Gasteiger partial charge is 0.0622 e. The Bertz CT molecular complexity index is 3370. The van der Waals surface area contributed by atoms with Gasteiger partial charge in [-0.25, -0.2) is 0 Å². The van der Waals surface area contributed by atoms with Crippen LogP contribution in [0.2, 0.25) is 0 Å². The Kier molecular flexibility index (Phi) is 19.9. The number of rotatable bonds is 7. The summed E-state index contributed by atoms with van der Waals surface area (Å²) in [6, 6.07) is 86.2. The monoisotopic (exact) mass is 1070 g/mol. The zero-order valence-electron chi connectivity index (χ0n) is 50.1. The van der Waals surface area contributed by atoms with E-state index in [0.717, 1.165) is 24.2 Å². The molecule has 82 heavy (non-hydrogen) atoms. The van der Waals surface area contributed by atoms with E-state index < -0.39 is 0 Å². The van der Waals surface area contributed by atoms with Crippen molar-refractivity contribution >= 4 is 21.5 Å². The minimum absolute atomic E-state index is 0.121.